The van der Waals surface area contributed by atoms with Crippen LogP contribution in [0.5, 0.6) is 0 Å². The summed E-state index contributed by atoms with van der Waals surface area (Å²) in [6, 6.07) is 0. The highest BCUT2D eigenvalue weighted by Gasteiger charge is 1.97. The first-order valence-corrected chi connectivity index (χ1v) is 4.00. The summed E-state index contributed by atoms with van der Waals surface area (Å²) in [7, 11) is 1.87. The van der Waals surface area contributed by atoms with Gasteiger partial charge in [-0.05, 0) is 0 Å². The predicted octanol–water partition coefficient (Wildman–Crippen LogP) is -0.134. The summed E-state index contributed by atoms with van der Waals surface area (Å²) in [4.78, 5) is 0. The lowest BCUT2D eigenvalue weighted by atomic mass is 10.8. The Hall–Kier alpha value is -0.550. The molecule has 0 atom stereocenters. The zero-order chi connectivity index (χ0) is 7.40. The standard InChI is InChI=1S/C5H10N4S/c1-9-5(4-7-8-9)10-3-2-6/h4H,2-3,6H2,1H3. The van der Waals surface area contributed by atoms with E-state index in [0.29, 0.717) is 6.54 Å². The van der Waals surface area contributed by atoms with Crippen molar-refractivity contribution in [2.24, 2.45) is 12.8 Å². The van der Waals surface area contributed by atoms with Crippen LogP contribution in [-0.4, -0.2) is 27.3 Å². The fourth-order valence-electron chi connectivity index (χ4n) is 0.574. The second-order valence-corrected chi connectivity index (χ2v) is 2.95. The molecule has 0 bridgehead atoms. The van der Waals surface area contributed by atoms with E-state index in [1.807, 2.05) is 7.05 Å². The van der Waals surface area contributed by atoms with Crippen LogP contribution in [0.2, 0.25) is 0 Å². The van der Waals surface area contributed by atoms with Crippen molar-refractivity contribution in [1.82, 2.24) is 15.0 Å². The summed E-state index contributed by atoms with van der Waals surface area (Å²) in [6.07, 6.45) is 1.74. The van der Waals surface area contributed by atoms with Crippen LogP contribution in [0.25, 0.3) is 0 Å². The molecule has 4 nitrogen and oxygen atoms in total. The van der Waals surface area contributed by atoms with Gasteiger partial charge in [0.1, 0.15) is 5.03 Å². The first-order chi connectivity index (χ1) is 4.84. The SMILES string of the molecule is Cn1nncc1SCCN. The molecule has 1 rings (SSSR count). The molecule has 2 N–H and O–H groups in total. The monoisotopic (exact) mass is 158 g/mol. The molecule has 0 aliphatic heterocycles. The van der Waals surface area contributed by atoms with Gasteiger partial charge in [-0.1, -0.05) is 5.21 Å². The molecular weight excluding hydrogens is 148 g/mol. The van der Waals surface area contributed by atoms with Crippen molar-refractivity contribution in [2.75, 3.05) is 12.3 Å². The Labute approximate surface area is 63.8 Å². The van der Waals surface area contributed by atoms with E-state index in [2.05, 4.69) is 10.3 Å². The van der Waals surface area contributed by atoms with E-state index in [1.165, 1.54) is 0 Å². The van der Waals surface area contributed by atoms with Gasteiger partial charge in [0, 0.05) is 19.3 Å². The maximum atomic E-state index is 5.32. The van der Waals surface area contributed by atoms with Crippen molar-refractivity contribution >= 4 is 11.8 Å². The average Bonchev–Trinajstić information content (AvgIpc) is 2.31. The molecule has 1 aromatic heterocycles. The maximum absolute atomic E-state index is 5.32. The first-order valence-electron chi connectivity index (χ1n) is 3.02. The summed E-state index contributed by atoms with van der Waals surface area (Å²) in [6.45, 7) is 0.690. The second kappa shape index (κ2) is 3.58. The minimum absolute atomic E-state index is 0.690. The van der Waals surface area contributed by atoms with E-state index in [-0.39, 0.29) is 0 Å². The van der Waals surface area contributed by atoms with Crippen LogP contribution >= 0.6 is 11.8 Å². The Kier molecular flexibility index (Phi) is 2.70. The van der Waals surface area contributed by atoms with Crippen molar-refractivity contribution < 1.29 is 0 Å². The minimum Gasteiger partial charge on any atom is -0.330 e. The van der Waals surface area contributed by atoms with Crippen LogP contribution in [0.4, 0.5) is 0 Å². The van der Waals surface area contributed by atoms with Gasteiger partial charge in [0.15, 0.2) is 0 Å². The Bertz CT molecular complexity index is 197. The molecule has 0 saturated carbocycles. The number of hydrogen-bond acceptors (Lipinski definition) is 4. The number of thioether (sulfide) groups is 1. The third-order valence-corrected chi connectivity index (χ3v) is 2.15. The third kappa shape index (κ3) is 1.71. The van der Waals surface area contributed by atoms with E-state index in [1.54, 1.807) is 22.6 Å². The molecule has 10 heavy (non-hydrogen) atoms. The molecular formula is C5H10N4S. The Morgan fingerprint density at radius 2 is 2.60 bits per heavy atom. The maximum Gasteiger partial charge on any atom is 0.114 e. The van der Waals surface area contributed by atoms with Gasteiger partial charge in [-0.2, -0.15) is 0 Å². The summed E-state index contributed by atoms with van der Waals surface area (Å²) in [5.74, 6) is 0.918. The van der Waals surface area contributed by atoms with Gasteiger partial charge in [0.05, 0.1) is 6.20 Å². The lowest BCUT2D eigenvalue weighted by Crippen LogP contribution is -2.02. The van der Waals surface area contributed by atoms with Crippen molar-refractivity contribution in [2.45, 2.75) is 5.03 Å². The molecule has 0 radical (unpaired) electrons. The van der Waals surface area contributed by atoms with Gasteiger partial charge in [-0.15, -0.1) is 16.9 Å². The van der Waals surface area contributed by atoms with Gasteiger partial charge in [0.25, 0.3) is 0 Å². The van der Waals surface area contributed by atoms with E-state index >= 15 is 0 Å². The van der Waals surface area contributed by atoms with Crippen LogP contribution in [0.3, 0.4) is 0 Å². The smallest absolute Gasteiger partial charge is 0.114 e. The quantitative estimate of drug-likeness (QED) is 0.622. The van der Waals surface area contributed by atoms with Crippen LogP contribution in [0.15, 0.2) is 11.2 Å². The molecule has 0 aromatic carbocycles. The fourth-order valence-corrected chi connectivity index (χ4v) is 1.25. The molecule has 0 unspecified atom stereocenters. The fraction of sp³-hybridized carbons (Fsp3) is 0.600. The topological polar surface area (TPSA) is 56.7 Å². The highest BCUT2D eigenvalue weighted by molar-refractivity contribution is 7.99. The van der Waals surface area contributed by atoms with Gasteiger partial charge >= 0.3 is 0 Å². The van der Waals surface area contributed by atoms with Crippen molar-refractivity contribution in [1.29, 1.82) is 0 Å². The van der Waals surface area contributed by atoms with Crippen LogP contribution < -0.4 is 5.73 Å². The van der Waals surface area contributed by atoms with Crippen molar-refractivity contribution in [3.63, 3.8) is 0 Å². The lowest BCUT2D eigenvalue weighted by molar-refractivity contribution is 0.665. The van der Waals surface area contributed by atoms with Crippen molar-refractivity contribution in [3.05, 3.63) is 6.20 Å². The van der Waals surface area contributed by atoms with Crippen LogP contribution in [0, 0.1) is 0 Å². The Morgan fingerprint density at radius 3 is 3.10 bits per heavy atom. The second-order valence-electron chi connectivity index (χ2n) is 1.83. The average molecular weight is 158 g/mol. The van der Waals surface area contributed by atoms with Gasteiger partial charge in [0.2, 0.25) is 0 Å². The molecule has 0 saturated heterocycles. The van der Waals surface area contributed by atoms with Crippen molar-refractivity contribution in [3.8, 4) is 0 Å². The summed E-state index contributed by atoms with van der Waals surface area (Å²) < 4.78 is 1.74. The molecule has 0 spiro atoms. The third-order valence-electron chi connectivity index (χ3n) is 1.04. The highest BCUT2D eigenvalue weighted by atomic mass is 32.2. The molecule has 0 fully saturated rings. The van der Waals surface area contributed by atoms with Gasteiger partial charge in [-0.25, -0.2) is 4.68 Å². The largest absolute Gasteiger partial charge is 0.330 e. The van der Waals surface area contributed by atoms with E-state index < -0.39 is 0 Å². The van der Waals surface area contributed by atoms with Crippen LogP contribution in [-0.2, 0) is 7.05 Å². The van der Waals surface area contributed by atoms with E-state index in [0.717, 1.165) is 10.8 Å². The van der Waals surface area contributed by atoms with E-state index in [4.69, 9.17) is 5.73 Å². The molecule has 1 aromatic rings. The number of rotatable bonds is 3. The minimum atomic E-state index is 0.690. The predicted molar refractivity (Wildman–Crippen MR) is 40.8 cm³/mol. The lowest BCUT2D eigenvalue weighted by Gasteiger charge is -1.95. The Balaban J connectivity index is 2.49. The first kappa shape index (κ1) is 7.56. The summed E-state index contributed by atoms with van der Waals surface area (Å²) in [5.41, 5.74) is 5.32. The number of aromatic nitrogens is 3. The molecule has 1 heterocycles. The zero-order valence-electron chi connectivity index (χ0n) is 5.82. The zero-order valence-corrected chi connectivity index (χ0v) is 6.64. The van der Waals surface area contributed by atoms with Crippen LogP contribution in [0.1, 0.15) is 0 Å². The summed E-state index contributed by atoms with van der Waals surface area (Å²) >= 11 is 1.67. The van der Waals surface area contributed by atoms with Gasteiger partial charge in [-0.3, -0.25) is 0 Å². The molecule has 5 heteroatoms. The number of aryl methyl sites for hydroxylation is 1. The normalized spacial score (nSPS) is 10.2. The molecule has 56 valence electrons. The Morgan fingerprint density at radius 1 is 1.80 bits per heavy atom. The molecule has 0 amide bonds. The van der Waals surface area contributed by atoms with E-state index in [9.17, 15) is 0 Å². The molecule has 0 aliphatic rings. The van der Waals surface area contributed by atoms with Gasteiger partial charge < -0.3 is 5.73 Å². The number of hydrogen-bond donors (Lipinski definition) is 1. The number of nitrogens with two attached hydrogens (primary N) is 1. The highest BCUT2D eigenvalue weighted by Crippen LogP contribution is 2.12. The summed E-state index contributed by atoms with van der Waals surface area (Å²) in [5, 5.41) is 8.56. The number of nitrogens with zero attached hydrogens (tertiary/aromatic N) is 3. The molecule has 0 aliphatic carbocycles.